The number of fused-ring (bicyclic) bond motifs is 3. The third-order valence-corrected chi connectivity index (χ3v) is 6.51. The molecule has 4 atom stereocenters. The van der Waals surface area contributed by atoms with Crippen molar-refractivity contribution >= 4 is 5.97 Å². The van der Waals surface area contributed by atoms with Crippen LogP contribution in [0.15, 0.2) is 24.3 Å². The lowest BCUT2D eigenvalue weighted by atomic mass is 9.66. The fourth-order valence-electron chi connectivity index (χ4n) is 5.19. The molecule has 0 spiro atoms. The first-order valence-corrected chi connectivity index (χ1v) is 10.6. The van der Waals surface area contributed by atoms with Gasteiger partial charge in [-0.15, -0.1) is 0 Å². The molecule has 0 bridgehead atoms. The van der Waals surface area contributed by atoms with Crippen LogP contribution in [-0.4, -0.2) is 47.3 Å². The van der Waals surface area contributed by atoms with E-state index in [0.29, 0.717) is 42.0 Å². The molecule has 2 aromatic carbocycles. The molecule has 4 unspecified atom stereocenters. The molecule has 0 radical (unpaired) electrons. The number of benzene rings is 2. The van der Waals surface area contributed by atoms with E-state index in [9.17, 15) is 4.79 Å². The van der Waals surface area contributed by atoms with E-state index >= 15 is 0 Å². The largest absolute Gasteiger partial charge is 0.493 e. The van der Waals surface area contributed by atoms with E-state index < -0.39 is 5.92 Å². The second-order valence-electron chi connectivity index (χ2n) is 7.97. The normalized spacial score (nSPS) is 25.1. The van der Waals surface area contributed by atoms with Crippen LogP contribution < -0.4 is 23.7 Å². The van der Waals surface area contributed by atoms with Crippen molar-refractivity contribution in [3.8, 4) is 28.7 Å². The average molecular weight is 442 g/mol. The summed E-state index contributed by atoms with van der Waals surface area (Å²) in [5.74, 6) is 1.81. The molecule has 0 amide bonds. The van der Waals surface area contributed by atoms with Crippen molar-refractivity contribution in [2.45, 2.75) is 18.9 Å². The zero-order valence-corrected chi connectivity index (χ0v) is 18.5. The number of esters is 1. The second kappa shape index (κ2) is 8.09. The van der Waals surface area contributed by atoms with Gasteiger partial charge in [-0.1, -0.05) is 0 Å². The SMILES string of the molecule is CCOC1c2cc3c(cc2C(c2cc(OC)c(OC)c(OC)c2)C2C(=O)OCC12)OCO3. The number of ether oxygens (including phenoxy) is 7. The highest BCUT2D eigenvalue weighted by Crippen LogP contribution is 2.56. The first-order valence-electron chi connectivity index (χ1n) is 10.6. The van der Waals surface area contributed by atoms with E-state index in [1.807, 2.05) is 31.2 Å². The van der Waals surface area contributed by atoms with Crippen LogP contribution in [0.1, 0.15) is 35.6 Å². The van der Waals surface area contributed by atoms with Crippen LogP contribution in [0.4, 0.5) is 0 Å². The second-order valence-corrected chi connectivity index (χ2v) is 7.97. The van der Waals surface area contributed by atoms with Crippen LogP contribution in [0, 0.1) is 11.8 Å². The number of carbonyl (C=O) groups excluding carboxylic acids is 1. The van der Waals surface area contributed by atoms with E-state index in [1.54, 1.807) is 21.3 Å². The van der Waals surface area contributed by atoms with Crippen molar-refractivity contribution in [1.29, 1.82) is 0 Å². The molecule has 3 aliphatic rings. The van der Waals surface area contributed by atoms with Crippen LogP contribution in [0.5, 0.6) is 28.7 Å². The highest BCUT2D eigenvalue weighted by Gasteiger charge is 2.53. The average Bonchev–Trinajstić information content (AvgIpc) is 3.43. The molecular weight excluding hydrogens is 416 g/mol. The topological polar surface area (TPSA) is 81.7 Å². The number of hydrogen-bond acceptors (Lipinski definition) is 8. The van der Waals surface area contributed by atoms with Crippen molar-refractivity contribution < 1.29 is 38.0 Å². The Balaban J connectivity index is 1.74. The van der Waals surface area contributed by atoms with Crippen LogP contribution in [0.3, 0.4) is 0 Å². The molecule has 0 aromatic heterocycles. The molecule has 2 heterocycles. The van der Waals surface area contributed by atoms with Gasteiger partial charge < -0.3 is 33.2 Å². The highest BCUT2D eigenvalue weighted by atomic mass is 16.7. The minimum absolute atomic E-state index is 0.126. The molecule has 8 nitrogen and oxygen atoms in total. The van der Waals surface area contributed by atoms with Gasteiger partial charge in [-0.3, -0.25) is 4.79 Å². The summed E-state index contributed by atoms with van der Waals surface area (Å²) >= 11 is 0. The highest BCUT2D eigenvalue weighted by molar-refractivity contribution is 5.79. The quantitative estimate of drug-likeness (QED) is 0.630. The number of carbonyl (C=O) groups is 1. The minimum Gasteiger partial charge on any atom is -0.493 e. The molecule has 0 N–H and O–H groups in total. The Bertz CT molecular complexity index is 1020. The summed E-state index contributed by atoms with van der Waals surface area (Å²) < 4.78 is 39.6. The lowest BCUT2D eigenvalue weighted by Gasteiger charge is -2.39. The molecule has 0 saturated carbocycles. The zero-order valence-electron chi connectivity index (χ0n) is 18.5. The summed E-state index contributed by atoms with van der Waals surface area (Å²) in [6.45, 7) is 2.94. The molecule has 5 rings (SSSR count). The zero-order chi connectivity index (χ0) is 22.4. The molecule has 2 aromatic rings. The predicted octanol–water partition coefficient (Wildman–Crippen LogP) is 3.45. The monoisotopic (exact) mass is 442 g/mol. The smallest absolute Gasteiger partial charge is 0.310 e. The summed E-state index contributed by atoms with van der Waals surface area (Å²) in [6, 6.07) is 7.72. The maximum absolute atomic E-state index is 13.0. The van der Waals surface area contributed by atoms with Crippen molar-refractivity contribution in [1.82, 2.24) is 0 Å². The number of rotatable bonds is 6. The summed E-state index contributed by atoms with van der Waals surface area (Å²) in [6.07, 6.45) is -0.278. The predicted molar refractivity (Wildman–Crippen MR) is 113 cm³/mol. The number of cyclic esters (lactones) is 1. The molecular formula is C24H26O8. The fraction of sp³-hybridized carbons (Fsp3) is 0.458. The van der Waals surface area contributed by atoms with Crippen molar-refractivity contribution in [2.75, 3.05) is 41.3 Å². The Labute approximate surface area is 186 Å². The van der Waals surface area contributed by atoms with Crippen LogP contribution in [-0.2, 0) is 14.3 Å². The van der Waals surface area contributed by atoms with Crippen LogP contribution >= 0.6 is 0 Å². The first kappa shape index (κ1) is 20.8. The Morgan fingerprint density at radius 2 is 1.56 bits per heavy atom. The van der Waals surface area contributed by atoms with Gasteiger partial charge in [0.15, 0.2) is 23.0 Å². The Kier molecular flexibility index (Phi) is 5.25. The van der Waals surface area contributed by atoms with E-state index in [0.717, 1.165) is 16.7 Å². The molecule has 2 aliphatic heterocycles. The van der Waals surface area contributed by atoms with Gasteiger partial charge in [0.05, 0.1) is 40.0 Å². The van der Waals surface area contributed by atoms with Gasteiger partial charge in [-0.05, 0) is 47.9 Å². The summed E-state index contributed by atoms with van der Waals surface area (Å²) in [5.41, 5.74) is 2.79. The lowest BCUT2D eigenvalue weighted by Crippen LogP contribution is -2.35. The Morgan fingerprint density at radius 3 is 2.16 bits per heavy atom. The molecule has 1 saturated heterocycles. The van der Waals surface area contributed by atoms with Gasteiger partial charge in [-0.25, -0.2) is 0 Å². The van der Waals surface area contributed by atoms with E-state index in [-0.39, 0.29) is 30.7 Å². The maximum atomic E-state index is 13.0. The van der Waals surface area contributed by atoms with E-state index in [1.165, 1.54) is 0 Å². The third-order valence-electron chi connectivity index (χ3n) is 6.51. The van der Waals surface area contributed by atoms with E-state index in [2.05, 4.69) is 0 Å². The number of hydrogen-bond donors (Lipinski definition) is 0. The molecule has 1 fully saturated rings. The third kappa shape index (κ3) is 3.04. The van der Waals surface area contributed by atoms with Crippen LogP contribution in [0.25, 0.3) is 0 Å². The summed E-state index contributed by atoms with van der Waals surface area (Å²) in [4.78, 5) is 13.0. The molecule has 32 heavy (non-hydrogen) atoms. The molecule has 170 valence electrons. The maximum Gasteiger partial charge on any atom is 0.310 e. The van der Waals surface area contributed by atoms with Gasteiger partial charge in [-0.2, -0.15) is 0 Å². The van der Waals surface area contributed by atoms with Gasteiger partial charge in [0.2, 0.25) is 12.5 Å². The van der Waals surface area contributed by atoms with Gasteiger partial charge in [0, 0.05) is 18.4 Å². The minimum atomic E-state index is -0.415. The van der Waals surface area contributed by atoms with Crippen molar-refractivity contribution in [2.24, 2.45) is 11.8 Å². The summed E-state index contributed by atoms with van der Waals surface area (Å²) in [5, 5.41) is 0. The Morgan fingerprint density at radius 1 is 0.906 bits per heavy atom. The fourth-order valence-corrected chi connectivity index (χ4v) is 5.19. The van der Waals surface area contributed by atoms with Gasteiger partial charge >= 0.3 is 5.97 Å². The molecule has 8 heteroatoms. The Hall–Kier alpha value is -3.13. The van der Waals surface area contributed by atoms with Gasteiger partial charge in [0.25, 0.3) is 0 Å². The number of methoxy groups -OCH3 is 3. The summed E-state index contributed by atoms with van der Waals surface area (Å²) in [7, 11) is 4.71. The van der Waals surface area contributed by atoms with Crippen molar-refractivity contribution in [3.05, 3.63) is 41.0 Å². The van der Waals surface area contributed by atoms with Crippen molar-refractivity contribution in [3.63, 3.8) is 0 Å². The van der Waals surface area contributed by atoms with E-state index in [4.69, 9.17) is 33.2 Å². The standard InChI is InChI=1S/C24H26O8/c1-5-29-22-14-9-17-16(31-11-32-17)8-13(14)20(21-15(22)10-30-24(21)25)12-6-18(26-2)23(28-4)19(7-12)27-3/h6-9,15,20-22H,5,10-11H2,1-4H3. The molecule has 1 aliphatic carbocycles. The van der Waals surface area contributed by atoms with Gasteiger partial charge in [0.1, 0.15) is 0 Å². The lowest BCUT2D eigenvalue weighted by molar-refractivity contribution is -0.141. The van der Waals surface area contributed by atoms with Crippen LogP contribution in [0.2, 0.25) is 0 Å². The first-order chi connectivity index (χ1) is 15.6.